The van der Waals surface area contributed by atoms with Gasteiger partial charge in [-0.05, 0) is 36.5 Å². The maximum absolute atomic E-state index is 11.8. The maximum atomic E-state index is 11.8. The minimum atomic E-state index is 0.148. The van der Waals surface area contributed by atoms with Crippen LogP contribution < -0.4 is 5.32 Å². The molecular weight excluding hydrogens is 226 g/mol. The number of hydrogen-bond donors (Lipinski definition) is 2. The first-order valence-electron chi connectivity index (χ1n) is 6.78. The van der Waals surface area contributed by atoms with Gasteiger partial charge in [-0.3, -0.25) is 4.79 Å². The van der Waals surface area contributed by atoms with Crippen molar-refractivity contribution >= 4 is 5.91 Å². The van der Waals surface area contributed by atoms with Crippen LogP contribution in [-0.4, -0.2) is 11.0 Å². The average Bonchev–Trinajstić information content (AvgIpc) is 2.39. The standard InChI is InChI=1S/C15H21NO2/c17-14-8-6-13(7-9-14)11-16-15(18)10-12-4-2-1-3-5-12/h6-9,12,17H,1-5,10-11H2,(H,16,18). The van der Waals surface area contributed by atoms with Crippen LogP contribution in [0.25, 0.3) is 0 Å². The first-order valence-corrected chi connectivity index (χ1v) is 6.78. The van der Waals surface area contributed by atoms with E-state index in [4.69, 9.17) is 5.11 Å². The van der Waals surface area contributed by atoms with Crippen molar-refractivity contribution in [2.45, 2.75) is 45.1 Å². The zero-order chi connectivity index (χ0) is 12.8. The molecule has 0 spiro atoms. The molecule has 1 aliphatic carbocycles. The third-order valence-electron chi connectivity index (χ3n) is 3.62. The topological polar surface area (TPSA) is 49.3 Å². The molecule has 0 heterocycles. The molecule has 98 valence electrons. The van der Waals surface area contributed by atoms with Crippen LogP contribution in [0.15, 0.2) is 24.3 Å². The molecule has 1 aromatic rings. The third kappa shape index (κ3) is 4.06. The molecule has 0 aliphatic heterocycles. The summed E-state index contributed by atoms with van der Waals surface area (Å²) in [5.41, 5.74) is 1.02. The van der Waals surface area contributed by atoms with Gasteiger partial charge < -0.3 is 10.4 Å². The molecule has 3 heteroatoms. The summed E-state index contributed by atoms with van der Waals surface area (Å²) in [6.45, 7) is 0.547. The largest absolute Gasteiger partial charge is 0.508 e. The fraction of sp³-hybridized carbons (Fsp3) is 0.533. The van der Waals surface area contributed by atoms with E-state index in [1.807, 2.05) is 12.1 Å². The molecule has 1 aromatic carbocycles. The summed E-state index contributed by atoms with van der Waals surface area (Å²) in [7, 11) is 0. The van der Waals surface area contributed by atoms with Gasteiger partial charge in [-0.1, -0.05) is 31.4 Å². The second-order valence-electron chi connectivity index (χ2n) is 5.15. The van der Waals surface area contributed by atoms with Crippen molar-refractivity contribution in [3.8, 4) is 5.75 Å². The van der Waals surface area contributed by atoms with Gasteiger partial charge in [0.2, 0.25) is 5.91 Å². The van der Waals surface area contributed by atoms with Gasteiger partial charge in [-0.2, -0.15) is 0 Å². The second kappa shape index (κ2) is 6.43. The van der Waals surface area contributed by atoms with Crippen molar-refractivity contribution in [3.05, 3.63) is 29.8 Å². The predicted molar refractivity (Wildman–Crippen MR) is 71.1 cm³/mol. The van der Waals surface area contributed by atoms with Gasteiger partial charge in [0.1, 0.15) is 5.75 Å². The third-order valence-corrected chi connectivity index (χ3v) is 3.62. The molecule has 18 heavy (non-hydrogen) atoms. The van der Waals surface area contributed by atoms with Crippen LogP contribution in [0.1, 0.15) is 44.1 Å². The number of phenols is 1. The lowest BCUT2D eigenvalue weighted by Crippen LogP contribution is -2.25. The first-order chi connectivity index (χ1) is 8.74. The average molecular weight is 247 g/mol. The molecule has 0 atom stereocenters. The quantitative estimate of drug-likeness (QED) is 0.859. The lowest BCUT2D eigenvalue weighted by molar-refractivity contribution is -0.122. The van der Waals surface area contributed by atoms with Gasteiger partial charge in [0.25, 0.3) is 0 Å². The number of phenolic OH excluding ortho intramolecular Hbond substituents is 1. The summed E-state index contributed by atoms with van der Waals surface area (Å²) in [5.74, 6) is 0.987. The summed E-state index contributed by atoms with van der Waals surface area (Å²) in [6.07, 6.45) is 6.94. The Morgan fingerprint density at radius 2 is 1.83 bits per heavy atom. The molecule has 2 rings (SSSR count). The summed E-state index contributed by atoms with van der Waals surface area (Å²) < 4.78 is 0. The van der Waals surface area contributed by atoms with Gasteiger partial charge in [0.05, 0.1) is 0 Å². The highest BCUT2D eigenvalue weighted by Crippen LogP contribution is 2.26. The van der Waals surface area contributed by atoms with Crippen LogP contribution in [0.4, 0.5) is 0 Å². The highest BCUT2D eigenvalue weighted by Gasteiger charge is 2.16. The summed E-state index contributed by atoms with van der Waals surface area (Å²) in [4.78, 5) is 11.8. The van der Waals surface area contributed by atoms with Crippen molar-refractivity contribution in [1.29, 1.82) is 0 Å². The van der Waals surface area contributed by atoms with Crippen LogP contribution >= 0.6 is 0 Å². The minimum absolute atomic E-state index is 0.148. The van der Waals surface area contributed by atoms with Gasteiger partial charge >= 0.3 is 0 Å². The van der Waals surface area contributed by atoms with Crippen LogP contribution in [0.5, 0.6) is 5.75 Å². The van der Waals surface area contributed by atoms with Gasteiger partial charge in [0, 0.05) is 13.0 Å². The molecule has 0 saturated heterocycles. The van der Waals surface area contributed by atoms with Crippen molar-refractivity contribution in [1.82, 2.24) is 5.32 Å². The van der Waals surface area contributed by atoms with Crippen LogP contribution in [-0.2, 0) is 11.3 Å². The maximum Gasteiger partial charge on any atom is 0.220 e. The molecule has 2 N–H and O–H groups in total. The van der Waals surface area contributed by atoms with Crippen molar-refractivity contribution in [3.63, 3.8) is 0 Å². The number of hydrogen-bond acceptors (Lipinski definition) is 2. The smallest absolute Gasteiger partial charge is 0.220 e. The number of amides is 1. The molecular formula is C15H21NO2. The zero-order valence-electron chi connectivity index (χ0n) is 10.7. The Balaban J connectivity index is 1.72. The van der Waals surface area contributed by atoms with E-state index in [-0.39, 0.29) is 11.7 Å². The number of carbonyl (C=O) groups is 1. The molecule has 0 radical (unpaired) electrons. The lowest BCUT2D eigenvalue weighted by Gasteiger charge is -2.20. The van der Waals surface area contributed by atoms with Crippen LogP contribution in [0, 0.1) is 5.92 Å². The second-order valence-corrected chi connectivity index (χ2v) is 5.15. The highest BCUT2D eigenvalue weighted by molar-refractivity contribution is 5.76. The molecule has 1 saturated carbocycles. The zero-order valence-corrected chi connectivity index (χ0v) is 10.7. The van der Waals surface area contributed by atoms with E-state index >= 15 is 0 Å². The van der Waals surface area contributed by atoms with E-state index in [1.54, 1.807) is 12.1 Å². The molecule has 0 unspecified atom stereocenters. The van der Waals surface area contributed by atoms with Crippen molar-refractivity contribution in [2.75, 3.05) is 0 Å². The minimum Gasteiger partial charge on any atom is -0.508 e. The monoisotopic (exact) mass is 247 g/mol. The summed E-state index contributed by atoms with van der Waals surface area (Å²) in [5, 5.41) is 12.1. The molecule has 1 fully saturated rings. The van der Waals surface area contributed by atoms with E-state index in [1.165, 1.54) is 32.1 Å². The van der Waals surface area contributed by atoms with E-state index in [0.717, 1.165) is 5.56 Å². The Morgan fingerprint density at radius 1 is 1.17 bits per heavy atom. The van der Waals surface area contributed by atoms with Gasteiger partial charge in [-0.15, -0.1) is 0 Å². The number of carbonyl (C=O) groups excluding carboxylic acids is 1. The van der Waals surface area contributed by atoms with E-state index < -0.39 is 0 Å². The highest BCUT2D eigenvalue weighted by atomic mass is 16.3. The Labute approximate surface area is 108 Å². The number of rotatable bonds is 4. The molecule has 3 nitrogen and oxygen atoms in total. The Hall–Kier alpha value is -1.51. The lowest BCUT2D eigenvalue weighted by atomic mass is 9.87. The normalized spacial score (nSPS) is 16.4. The summed E-state index contributed by atoms with van der Waals surface area (Å²) in [6, 6.07) is 6.94. The molecule has 1 aliphatic rings. The predicted octanol–water partition coefficient (Wildman–Crippen LogP) is 2.98. The van der Waals surface area contributed by atoms with Crippen LogP contribution in [0.2, 0.25) is 0 Å². The Morgan fingerprint density at radius 3 is 2.50 bits per heavy atom. The fourth-order valence-electron chi connectivity index (χ4n) is 2.54. The number of benzene rings is 1. The molecule has 0 aromatic heterocycles. The van der Waals surface area contributed by atoms with Gasteiger partial charge in [-0.25, -0.2) is 0 Å². The van der Waals surface area contributed by atoms with Crippen molar-refractivity contribution in [2.24, 2.45) is 5.92 Å². The Kier molecular flexibility index (Phi) is 4.62. The fourth-order valence-corrected chi connectivity index (χ4v) is 2.54. The van der Waals surface area contributed by atoms with Crippen LogP contribution in [0.3, 0.4) is 0 Å². The molecule has 1 amide bonds. The molecule has 0 bridgehead atoms. The van der Waals surface area contributed by atoms with E-state index in [0.29, 0.717) is 18.9 Å². The number of aromatic hydroxyl groups is 1. The van der Waals surface area contributed by atoms with E-state index in [2.05, 4.69) is 5.32 Å². The summed E-state index contributed by atoms with van der Waals surface area (Å²) >= 11 is 0. The Bertz CT molecular complexity index is 380. The van der Waals surface area contributed by atoms with E-state index in [9.17, 15) is 4.79 Å². The van der Waals surface area contributed by atoms with Crippen molar-refractivity contribution < 1.29 is 9.90 Å². The SMILES string of the molecule is O=C(CC1CCCCC1)NCc1ccc(O)cc1. The van der Waals surface area contributed by atoms with Gasteiger partial charge in [0.15, 0.2) is 0 Å². The number of nitrogens with one attached hydrogen (secondary N) is 1. The first kappa shape index (κ1) is 12.9.